The van der Waals surface area contributed by atoms with Crippen molar-refractivity contribution < 1.29 is 0 Å². The molecule has 36 valence electrons. The van der Waals surface area contributed by atoms with E-state index >= 15 is 0 Å². The quantitative estimate of drug-likeness (QED) is 0.371. The largest absolute Gasteiger partial charge is 0.208 e. The Balaban J connectivity index is 2.81. The third kappa shape index (κ3) is 3.40. The van der Waals surface area contributed by atoms with Gasteiger partial charge in [-0.2, -0.15) is 0 Å². The molecule has 0 fully saturated rings. The normalized spacial score (nSPS) is 8.50. The fraction of sp³-hybridized carbons (Fsp3) is 1.00. The standard InChI is InChI=1S/C3H7NO2/c1-3(2)4-6-5/h3H,1-2H3. The van der Waals surface area contributed by atoms with Crippen molar-refractivity contribution in [3.8, 4) is 0 Å². The summed E-state index contributed by atoms with van der Waals surface area (Å²) >= 11 is 0. The van der Waals surface area contributed by atoms with Gasteiger partial charge in [-0.25, -0.2) is 5.48 Å². The first-order chi connectivity index (χ1) is 2.77. The van der Waals surface area contributed by atoms with Crippen LogP contribution >= 0.6 is 0 Å². The molecule has 0 heterocycles. The van der Waals surface area contributed by atoms with E-state index in [0.29, 0.717) is 0 Å². The van der Waals surface area contributed by atoms with Crippen LogP contribution in [0.2, 0.25) is 0 Å². The summed E-state index contributed by atoms with van der Waals surface area (Å²) < 4.78 is 3.18. The Morgan fingerprint density at radius 3 is 2.17 bits per heavy atom. The van der Waals surface area contributed by atoms with Crippen molar-refractivity contribution in [3.05, 3.63) is 15.1 Å². The zero-order valence-electron chi connectivity index (χ0n) is 3.84. The fourth-order valence-corrected chi connectivity index (χ4v) is 0.0861. The van der Waals surface area contributed by atoms with E-state index in [1.54, 1.807) is 13.8 Å². The van der Waals surface area contributed by atoms with E-state index in [2.05, 4.69) is 10.2 Å². The van der Waals surface area contributed by atoms with E-state index in [4.69, 9.17) is 4.96 Å². The molecular formula is C3H7NO2. The van der Waals surface area contributed by atoms with E-state index in [0.717, 1.165) is 0 Å². The van der Waals surface area contributed by atoms with Crippen LogP contribution in [0.1, 0.15) is 13.8 Å². The highest BCUT2D eigenvalue weighted by molar-refractivity contribution is 4.92. The van der Waals surface area contributed by atoms with Gasteiger partial charge in [-0.15, -0.1) is 0 Å². The fourth-order valence-electron chi connectivity index (χ4n) is 0.0861. The molecule has 0 aromatic carbocycles. The molecule has 0 rings (SSSR count). The van der Waals surface area contributed by atoms with Crippen molar-refractivity contribution >= 4 is 0 Å². The SMILES string of the molecule is CC(C)[N-][O+]=O. The van der Waals surface area contributed by atoms with Gasteiger partial charge in [-0.05, 0) is 6.04 Å². The summed E-state index contributed by atoms with van der Waals surface area (Å²) in [5.74, 6) is 0. The molecule has 0 bridgehead atoms. The van der Waals surface area contributed by atoms with Gasteiger partial charge in [0.15, 0.2) is 0 Å². The van der Waals surface area contributed by atoms with Gasteiger partial charge in [0.25, 0.3) is 0 Å². The molecular weight excluding hydrogens is 82.0 g/mol. The molecule has 3 nitrogen and oxygen atoms in total. The van der Waals surface area contributed by atoms with Gasteiger partial charge in [-0.1, -0.05) is 13.8 Å². The number of hydrogen-bond donors (Lipinski definition) is 0. The van der Waals surface area contributed by atoms with Gasteiger partial charge in [0.2, 0.25) is 4.96 Å². The van der Waals surface area contributed by atoms with Crippen LogP contribution in [-0.4, -0.2) is 6.04 Å². The summed E-state index contributed by atoms with van der Waals surface area (Å²) in [7, 11) is 0. The second-order valence-corrected chi connectivity index (χ2v) is 1.27. The van der Waals surface area contributed by atoms with Crippen LogP contribution < -0.4 is 0 Å². The Morgan fingerprint density at radius 2 is 2.17 bits per heavy atom. The predicted molar refractivity (Wildman–Crippen MR) is 25.2 cm³/mol. The van der Waals surface area contributed by atoms with Crippen molar-refractivity contribution in [2.24, 2.45) is 0 Å². The molecule has 6 heavy (non-hydrogen) atoms. The van der Waals surface area contributed by atoms with Gasteiger partial charge in [0.05, 0.1) is 0 Å². The molecule has 0 N–H and O–H groups in total. The van der Waals surface area contributed by atoms with Crippen LogP contribution in [0, 0.1) is 9.66 Å². The van der Waals surface area contributed by atoms with Crippen molar-refractivity contribution in [2.75, 3.05) is 0 Å². The van der Waals surface area contributed by atoms with Crippen LogP contribution in [0.15, 0.2) is 0 Å². The van der Waals surface area contributed by atoms with E-state index in [9.17, 15) is 0 Å². The zero-order chi connectivity index (χ0) is 4.99. The third-order valence-electron chi connectivity index (χ3n) is 0.254. The maximum Gasteiger partial charge on any atom is 0.208 e. The zero-order valence-corrected chi connectivity index (χ0v) is 3.84. The molecule has 0 unspecified atom stereocenters. The summed E-state index contributed by atoms with van der Waals surface area (Å²) in [4.78, 5) is 9.07. The van der Waals surface area contributed by atoms with Crippen molar-refractivity contribution in [1.29, 1.82) is 0 Å². The first-order valence-electron chi connectivity index (χ1n) is 1.76. The third-order valence-corrected chi connectivity index (χ3v) is 0.254. The minimum absolute atomic E-state index is 0.0116. The topological polar surface area (TPSA) is 42.5 Å². The molecule has 0 aliphatic carbocycles. The molecule has 0 aromatic rings. The molecule has 0 aromatic heterocycles. The monoisotopic (exact) mass is 89.0 g/mol. The maximum atomic E-state index is 9.07. The Morgan fingerprint density at radius 1 is 1.67 bits per heavy atom. The van der Waals surface area contributed by atoms with E-state index in [1.165, 1.54) is 0 Å². The predicted octanol–water partition coefficient (Wildman–Crippen LogP) is 1.30. The Hall–Kier alpha value is -0.600. The Labute approximate surface area is 36.2 Å². The molecule has 0 saturated carbocycles. The van der Waals surface area contributed by atoms with Gasteiger partial charge in [0, 0.05) is 4.70 Å². The number of nitrogens with zero attached hydrogens (tertiary/aromatic N) is 1. The average molecular weight is 89.1 g/mol. The molecule has 0 saturated heterocycles. The summed E-state index contributed by atoms with van der Waals surface area (Å²) in [5.41, 5.74) is 3.07. The minimum Gasteiger partial charge on any atom is -0.205 e. The molecule has 0 spiro atoms. The van der Waals surface area contributed by atoms with Gasteiger partial charge in [0.1, 0.15) is 0 Å². The lowest BCUT2D eigenvalue weighted by Gasteiger charge is -1.95. The van der Waals surface area contributed by atoms with Gasteiger partial charge in [-0.3, -0.25) is 0 Å². The summed E-state index contributed by atoms with van der Waals surface area (Å²) in [6.45, 7) is 3.52. The number of hydroxylamine groups is 1. The summed E-state index contributed by atoms with van der Waals surface area (Å²) in [6.07, 6.45) is 0. The van der Waals surface area contributed by atoms with Crippen LogP contribution in [0.3, 0.4) is 0 Å². The van der Waals surface area contributed by atoms with Crippen LogP contribution in [0.5, 0.6) is 0 Å². The highest BCUT2D eigenvalue weighted by Crippen LogP contribution is 1.92. The molecule has 0 aliphatic rings. The Kier molecular flexibility index (Phi) is 2.36. The average Bonchev–Trinajstić information content (AvgIpc) is 1.35. The van der Waals surface area contributed by atoms with Gasteiger partial charge < -0.3 is 0 Å². The highest BCUT2D eigenvalue weighted by Gasteiger charge is 1.80. The number of hydrogen-bond acceptors (Lipinski definition) is 1. The van der Waals surface area contributed by atoms with Crippen LogP contribution in [0.25, 0.3) is 5.48 Å². The molecule has 0 atom stereocenters. The molecule has 0 radical (unpaired) electrons. The van der Waals surface area contributed by atoms with Crippen molar-refractivity contribution in [3.63, 3.8) is 0 Å². The lowest BCUT2D eigenvalue weighted by atomic mass is 10.4. The smallest absolute Gasteiger partial charge is 0.205 e. The van der Waals surface area contributed by atoms with Crippen molar-refractivity contribution in [1.82, 2.24) is 0 Å². The maximum absolute atomic E-state index is 9.07. The molecule has 0 aliphatic heterocycles. The second-order valence-electron chi connectivity index (χ2n) is 1.27. The number of rotatable bonds is 2. The first kappa shape index (κ1) is 5.40. The van der Waals surface area contributed by atoms with Gasteiger partial charge >= 0.3 is 0 Å². The second kappa shape index (κ2) is 2.63. The lowest BCUT2D eigenvalue weighted by molar-refractivity contribution is 0.943. The minimum atomic E-state index is -0.0116. The van der Waals surface area contributed by atoms with Crippen LogP contribution in [-0.2, 0) is 0 Å². The van der Waals surface area contributed by atoms with E-state index < -0.39 is 0 Å². The Bertz CT molecular complexity index is 44.1. The lowest BCUT2D eigenvalue weighted by Crippen LogP contribution is -1.86. The van der Waals surface area contributed by atoms with E-state index in [-0.39, 0.29) is 6.04 Å². The summed E-state index contributed by atoms with van der Waals surface area (Å²) in [5, 5.41) is 0. The highest BCUT2D eigenvalue weighted by atomic mass is 16.9. The molecule has 3 heteroatoms. The summed E-state index contributed by atoms with van der Waals surface area (Å²) in [6, 6.07) is -0.0116. The molecule has 0 amide bonds. The van der Waals surface area contributed by atoms with E-state index in [1.807, 2.05) is 0 Å². The van der Waals surface area contributed by atoms with Crippen molar-refractivity contribution in [2.45, 2.75) is 19.9 Å². The first-order valence-corrected chi connectivity index (χ1v) is 1.76. The van der Waals surface area contributed by atoms with Crippen LogP contribution in [0.4, 0.5) is 0 Å².